The first-order valence-electron chi connectivity index (χ1n) is 7.96. The average molecular weight is 355 g/mol. The van der Waals surface area contributed by atoms with E-state index < -0.39 is 32.5 Å². The maximum Gasteiger partial charge on any atom is 0.305 e. The molecule has 2 N–H and O–H groups in total. The van der Waals surface area contributed by atoms with Crippen LogP contribution in [-0.4, -0.2) is 36.2 Å². The first-order chi connectivity index (χ1) is 11.1. The lowest BCUT2D eigenvalue weighted by molar-refractivity contribution is -0.138. The van der Waals surface area contributed by atoms with Crippen LogP contribution in [0.25, 0.3) is 0 Å². The number of carbonyl (C=O) groups is 2. The summed E-state index contributed by atoms with van der Waals surface area (Å²) in [6.45, 7) is 6.84. The van der Waals surface area contributed by atoms with Gasteiger partial charge >= 0.3 is 5.97 Å². The van der Waals surface area contributed by atoms with Gasteiger partial charge in [-0.25, -0.2) is 8.42 Å². The maximum atomic E-state index is 12.4. The number of carboxylic acid groups (broad SMARTS) is 1. The van der Waals surface area contributed by atoms with E-state index in [0.717, 1.165) is 0 Å². The minimum atomic E-state index is -3.39. The van der Waals surface area contributed by atoms with Crippen LogP contribution in [-0.2, 0) is 14.6 Å². The summed E-state index contributed by atoms with van der Waals surface area (Å²) in [5, 5.41) is 11.3. The van der Waals surface area contributed by atoms with Gasteiger partial charge in [0.2, 0.25) is 0 Å². The molecule has 1 rings (SSSR count). The third-order valence-electron chi connectivity index (χ3n) is 4.29. The molecule has 1 aromatic rings. The Morgan fingerprint density at radius 2 is 1.62 bits per heavy atom. The summed E-state index contributed by atoms with van der Waals surface area (Å²) >= 11 is 0. The van der Waals surface area contributed by atoms with Crippen LogP contribution < -0.4 is 5.32 Å². The monoisotopic (exact) mass is 355 g/mol. The quantitative estimate of drug-likeness (QED) is 0.746. The Morgan fingerprint density at radius 1 is 1.12 bits per heavy atom. The number of hydrogen-bond donors (Lipinski definition) is 2. The molecule has 24 heavy (non-hydrogen) atoms. The van der Waals surface area contributed by atoms with E-state index in [0.29, 0.717) is 18.4 Å². The van der Waals surface area contributed by atoms with E-state index in [1.807, 2.05) is 13.8 Å². The molecule has 7 heteroatoms. The lowest BCUT2D eigenvalue weighted by atomic mass is 9.88. The first-order valence-corrected chi connectivity index (χ1v) is 9.51. The van der Waals surface area contributed by atoms with E-state index >= 15 is 0 Å². The molecule has 0 saturated heterocycles. The topological polar surface area (TPSA) is 101 Å². The van der Waals surface area contributed by atoms with Crippen molar-refractivity contribution in [3.8, 4) is 0 Å². The standard InChI is InChI=1S/C17H25NO5S/c1-5-17(6-2,11-15(19)20)18-16(21)13-7-9-14(10-8-13)24(22,23)12(3)4/h7-10,12H,5-6,11H2,1-4H3,(H,18,21)(H,19,20). The van der Waals surface area contributed by atoms with Gasteiger partial charge in [-0.15, -0.1) is 0 Å². The van der Waals surface area contributed by atoms with E-state index in [2.05, 4.69) is 5.32 Å². The first kappa shape index (κ1) is 20.2. The molecule has 0 fully saturated rings. The van der Waals surface area contributed by atoms with Gasteiger partial charge in [0.05, 0.1) is 22.1 Å². The molecule has 6 nitrogen and oxygen atoms in total. The van der Waals surface area contributed by atoms with Gasteiger partial charge in [0.25, 0.3) is 5.91 Å². The summed E-state index contributed by atoms with van der Waals surface area (Å²) in [6.07, 6.45) is 0.814. The van der Waals surface area contributed by atoms with Crippen LogP contribution in [0, 0.1) is 0 Å². The third-order valence-corrected chi connectivity index (χ3v) is 6.46. The number of sulfone groups is 1. The lowest BCUT2D eigenvalue weighted by Gasteiger charge is -2.31. The summed E-state index contributed by atoms with van der Waals surface area (Å²) in [5.41, 5.74) is -0.514. The Kier molecular flexibility index (Phi) is 6.54. The Morgan fingerprint density at radius 3 is 2.00 bits per heavy atom. The van der Waals surface area contributed by atoms with Crippen molar-refractivity contribution in [2.24, 2.45) is 0 Å². The maximum absolute atomic E-state index is 12.4. The molecule has 0 spiro atoms. The third kappa shape index (κ3) is 4.56. The molecular weight excluding hydrogens is 330 g/mol. The van der Waals surface area contributed by atoms with Crippen molar-refractivity contribution in [1.29, 1.82) is 0 Å². The molecule has 0 aliphatic rings. The Hall–Kier alpha value is -1.89. The predicted octanol–water partition coefficient (Wildman–Crippen LogP) is 2.63. The van der Waals surface area contributed by atoms with Crippen molar-refractivity contribution in [1.82, 2.24) is 5.32 Å². The van der Waals surface area contributed by atoms with Gasteiger partial charge < -0.3 is 10.4 Å². The van der Waals surface area contributed by atoms with Crippen molar-refractivity contribution in [2.75, 3.05) is 0 Å². The van der Waals surface area contributed by atoms with Crippen LogP contribution in [0.3, 0.4) is 0 Å². The minimum absolute atomic E-state index is 0.161. The zero-order chi connectivity index (χ0) is 18.5. The van der Waals surface area contributed by atoms with E-state index in [1.165, 1.54) is 24.3 Å². The van der Waals surface area contributed by atoms with Crippen molar-refractivity contribution in [3.63, 3.8) is 0 Å². The van der Waals surface area contributed by atoms with E-state index in [-0.39, 0.29) is 11.3 Å². The number of rotatable bonds is 8. The van der Waals surface area contributed by atoms with Crippen LogP contribution >= 0.6 is 0 Å². The van der Waals surface area contributed by atoms with Gasteiger partial charge in [-0.2, -0.15) is 0 Å². The highest BCUT2D eigenvalue weighted by Gasteiger charge is 2.31. The van der Waals surface area contributed by atoms with Crippen LogP contribution in [0.2, 0.25) is 0 Å². The highest BCUT2D eigenvalue weighted by Crippen LogP contribution is 2.21. The summed E-state index contributed by atoms with van der Waals surface area (Å²) in [7, 11) is -3.39. The van der Waals surface area contributed by atoms with Crippen molar-refractivity contribution < 1.29 is 23.1 Å². The molecule has 134 valence electrons. The fourth-order valence-corrected chi connectivity index (χ4v) is 3.45. The van der Waals surface area contributed by atoms with E-state index in [9.17, 15) is 18.0 Å². The smallest absolute Gasteiger partial charge is 0.305 e. The zero-order valence-corrected chi connectivity index (χ0v) is 15.3. The van der Waals surface area contributed by atoms with Gasteiger partial charge in [-0.1, -0.05) is 13.8 Å². The van der Waals surface area contributed by atoms with Gasteiger partial charge in [0.1, 0.15) is 0 Å². The predicted molar refractivity (Wildman–Crippen MR) is 91.8 cm³/mol. The molecular formula is C17H25NO5S. The van der Waals surface area contributed by atoms with Crippen LogP contribution in [0.1, 0.15) is 57.3 Å². The van der Waals surface area contributed by atoms with Crippen molar-refractivity contribution in [2.45, 2.75) is 62.6 Å². The largest absolute Gasteiger partial charge is 0.481 e. The van der Waals surface area contributed by atoms with Crippen molar-refractivity contribution in [3.05, 3.63) is 29.8 Å². The number of carboxylic acids is 1. The Bertz CT molecular complexity index is 688. The normalized spacial score (nSPS) is 12.2. The van der Waals surface area contributed by atoms with Crippen molar-refractivity contribution >= 4 is 21.7 Å². The molecule has 0 aliphatic heterocycles. The second kappa shape index (κ2) is 7.79. The molecule has 0 unspecified atom stereocenters. The fraction of sp³-hybridized carbons (Fsp3) is 0.529. The van der Waals surface area contributed by atoms with Gasteiger partial charge in [0, 0.05) is 5.56 Å². The number of carbonyl (C=O) groups excluding carboxylic acids is 1. The number of nitrogens with one attached hydrogen (secondary N) is 1. The molecule has 0 saturated carbocycles. The molecule has 0 bridgehead atoms. The molecule has 0 atom stereocenters. The molecule has 0 aromatic heterocycles. The Balaban J connectivity index is 3.02. The second-order valence-electron chi connectivity index (χ2n) is 6.13. The molecule has 1 aromatic carbocycles. The molecule has 0 aliphatic carbocycles. The van der Waals surface area contributed by atoms with E-state index in [4.69, 9.17) is 5.11 Å². The second-order valence-corrected chi connectivity index (χ2v) is 8.63. The lowest BCUT2D eigenvalue weighted by Crippen LogP contribution is -2.49. The minimum Gasteiger partial charge on any atom is -0.481 e. The van der Waals surface area contributed by atoms with Crippen LogP contribution in [0.15, 0.2) is 29.2 Å². The van der Waals surface area contributed by atoms with Gasteiger partial charge in [0.15, 0.2) is 9.84 Å². The Labute approximate surface area is 143 Å². The number of benzene rings is 1. The highest BCUT2D eigenvalue weighted by molar-refractivity contribution is 7.92. The highest BCUT2D eigenvalue weighted by atomic mass is 32.2. The van der Waals surface area contributed by atoms with E-state index in [1.54, 1.807) is 13.8 Å². The molecule has 1 amide bonds. The SMILES string of the molecule is CCC(CC)(CC(=O)O)NC(=O)c1ccc(S(=O)(=O)C(C)C)cc1. The number of aliphatic carboxylic acids is 1. The average Bonchev–Trinajstić information content (AvgIpc) is 2.53. The summed E-state index contributed by atoms with van der Waals surface area (Å²) < 4.78 is 24.2. The molecule has 0 radical (unpaired) electrons. The van der Waals surface area contributed by atoms with Crippen LogP contribution in [0.5, 0.6) is 0 Å². The number of amides is 1. The van der Waals surface area contributed by atoms with Gasteiger partial charge in [-0.05, 0) is 51.0 Å². The number of hydrogen-bond acceptors (Lipinski definition) is 4. The summed E-state index contributed by atoms with van der Waals surface area (Å²) in [6, 6.07) is 5.70. The van der Waals surface area contributed by atoms with Gasteiger partial charge in [-0.3, -0.25) is 9.59 Å². The van der Waals surface area contributed by atoms with Crippen LogP contribution in [0.4, 0.5) is 0 Å². The summed E-state index contributed by atoms with van der Waals surface area (Å²) in [5.74, 6) is -1.38. The fourth-order valence-electron chi connectivity index (χ4n) is 2.39. The molecule has 0 heterocycles. The zero-order valence-electron chi connectivity index (χ0n) is 14.5. The summed E-state index contributed by atoms with van der Waals surface area (Å²) in [4.78, 5) is 23.6.